The van der Waals surface area contributed by atoms with Gasteiger partial charge in [-0.15, -0.1) is 0 Å². The van der Waals surface area contributed by atoms with Crippen molar-refractivity contribution in [3.63, 3.8) is 0 Å². The van der Waals surface area contributed by atoms with Gasteiger partial charge in [-0.25, -0.2) is 4.68 Å². The molecule has 1 heterocycles. The maximum atomic E-state index is 12.8. The van der Waals surface area contributed by atoms with E-state index in [2.05, 4.69) is 15.8 Å². The lowest BCUT2D eigenvalue weighted by molar-refractivity contribution is -0.110. The summed E-state index contributed by atoms with van der Waals surface area (Å²) >= 11 is 0. The lowest BCUT2D eigenvalue weighted by Gasteiger charge is -2.07. The van der Waals surface area contributed by atoms with Crippen LogP contribution in [0.3, 0.4) is 0 Å². The van der Waals surface area contributed by atoms with Crippen molar-refractivity contribution in [2.45, 2.75) is 6.92 Å². The Kier molecular flexibility index (Phi) is 5.37. The molecule has 2 N–H and O–H groups in total. The van der Waals surface area contributed by atoms with Crippen molar-refractivity contribution in [3.05, 3.63) is 76.7 Å². The van der Waals surface area contributed by atoms with Gasteiger partial charge in [0.05, 0.1) is 17.1 Å². The first-order valence-corrected chi connectivity index (χ1v) is 8.47. The van der Waals surface area contributed by atoms with E-state index in [9.17, 15) is 14.9 Å². The molecule has 8 nitrogen and oxygen atoms in total. The molecule has 3 rings (SSSR count). The Morgan fingerprint density at radius 2 is 1.68 bits per heavy atom. The lowest BCUT2D eigenvalue weighted by Crippen LogP contribution is -2.27. The average molecular weight is 374 g/mol. The average Bonchev–Trinajstić information content (AvgIpc) is 2.93. The van der Waals surface area contributed by atoms with Crippen LogP contribution in [0, 0.1) is 18.3 Å². The van der Waals surface area contributed by atoms with E-state index < -0.39 is 17.2 Å². The van der Waals surface area contributed by atoms with Crippen LogP contribution in [0.1, 0.15) is 5.69 Å². The van der Waals surface area contributed by atoms with Crippen LogP contribution < -0.4 is 16.3 Å². The molecular formula is C20H18N6O2. The zero-order chi connectivity index (χ0) is 20.1. The Labute approximate surface area is 161 Å². The van der Waals surface area contributed by atoms with Crippen LogP contribution in [0.15, 0.2) is 70.6 Å². The molecule has 0 spiro atoms. The first-order chi connectivity index (χ1) is 13.5. The summed E-state index contributed by atoms with van der Waals surface area (Å²) in [6.45, 7) is 1.71. The van der Waals surface area contributed by atoms with E-state index in [-0.39, 0.29) is 5.69 Å². The minimum Gasteiger partial charge on any atom is -0.314 e. The molecule has 0 fully saturated rings. The molecule has 0 aliphatic carbocycles. The smallest absolute Gasteiger partial charge is 0.295 e. The Hall–Kier alpha value is -4.12. The van der Waals surface area contributed by atoms with Crippen molar-refractivity contribution in [2.24, 2.45) is 12.1 Å². The maximum absolute atomic E-state index is 12.8. The zero-order valence-corrected chi connectivity index (χ0v) is 15.4. The fraction of sp³-hybridized carbons (Fsp3) is 0.100. The van der Waals surface area contributed by atoms with Crippen molar-refractivity contribution in [2.75, 3.05) is 10.7 Å². The molecule has 0 atom stereocenters. The van der Waals surface area contributed by atoms with E-state index >= 15 is 0 Å². The van der Waals surface area contributed by atoms with Crippen molar-refractivity contribution in [1.29, 1.82) is 5.26 Å². The van der Waals surface area contributed by atoms with Gasteiger partial charge >= 0.3 is 0 Å². The summed E-state index contributed by atoms with van der Waals surface area (Å²) in [6.07, 6.45) is 0. The molecule has 140 valence electrons. The molecule has 0 radical (unpaired) electrons. The largest absolute Gasteiger partial charge is 0.314 e. The highest BCUT2D eigenvalue weighted by Gasteiger charge is 2.20. The van der Waals surface area contributed by atoms with Crippen molar-refractivity contribution in [3.8, 4) is 11.8 Å². The second kappa shape index (κ2) is 8.05. The minimum atomic E-state index is -0.767. The lowest BCUT2D eigenvalue weighted by atomic mass is 10.3. The number of carbonyl (C=O) groups is 1. The molecule has 0 aliphatic rings. The van der Waals surface area contributed by atoms with Crippen LogP contribution in [-0.2, 0) is 11.8 Å². The highest BCUT2D eigenvalue weighted by Crippen LogP contribution is 2.14. The summed E-state index contributed by atoms with van der Waals surface area (Å²) in [7, 11) is 1.72. The summed E-state index contributed by atoms with van der Waals surface area (Å²) < 4.78 is 3.08. The fourth-order valence-corrected chi connectivity index (χ4v) is 2.64. The first kappa shape index (κ1) is 18.7. The van der Waals surface area contributed by atoms with Crippen LogP contribution >= 0.6 is 0 Å². The topological polar surface area (TPSA) is 104 Å². The number of rotatable bonds is 5. The zero-order valence-electron chi connectivity index (χ0n) is 15.4. The summed E-state index contributed by atoms with van der Waals surface area (Å²) in [5.74, 6) is -0.767. The van der Waals surface area contributed by atoms with Gasteiger partial charge in [-0.05, 0) is 31.2 Å². The van der Waals surface area contributed by atoms with Gasteiger partial charge < -0.3 is 5.32 Å². The molecule has 8 heteroatoms. The van der Waals surface area contributed by atoms with E-state index in [1.165, 1.54) is 4.68 Å². The van der Waals surface area contributed by atoms with Gasteiger partial charge in [0, 0.05) is 7.05 Å². The number of nitrogens with one attached hydrogen (secondary N) is 2. The van der Waals surface area contributed by atoms with E-state index in [1.807, 2.05) is 24.3 Å². The molecule has 0 saturated heterocycles. The molecule has 0 saturated carbocycles. The number of carbonyl (C=O) groups excluding carboxylic acids is 1. The van der Waals surface area contributed by atoms with Gasteiger partial charge in [-0.2, -0.15) is 10.4 Å². The summed E-state index contributed by atoms with van der Waals surface area (Å²) in [5.41, 5.74) is 3.81. The Morgan fingerprint density at radius 3 is 2.29 bits per heavy atom. The third-order valence-electron chi connectivity index (χ3n) is 4.18. The number of anilines is 2. The first-order valence-electron chi connectivity index (χ1n) is 8.47. The molecule has 0 aliphatic heterocycles. The SMILES string of the molecule is Cc1c(NC(=O)C(C#N)=NNc2ccccc2)c(=O)n(-c2ccccc2)n1C. The number of hydrogen-bond donors (Lipinski definition) is 2. The fourth-order valence-electron chi connectivity index (χ4n) is 2.64. The quantitative estimate of drug-likeness (QED) is 0.528. The predicted octanol–water partition coefficient (Wildman–Crippen LogP) is 2.41. The summed E-state index contributed by atoms with van der Waals surface area (Å²) in [5, 5.41) is 15.6. The standard InChI is InChI=1S/C20H18N6O2/c1-14-18(20(28)26(25(14)2)16-11-7-4-8-12-16)22-19(27)17(13-21)24-23-15-9-5-3-6-10-15/h3-12,23H,1-2H3,(H,22,27). The molecule has 1 aromatic heterocycles. The number of benzene rings is 2. The van der Waals surface area contributed by atoms with Crippen molar-refractivity contribution >= 4 is 23.0 Å². The number of hydrogen-bond acceptors (Lipinski definition) is 5. The number of aromatic nitrogens is 2. The van der Waals surface area contributed by atoms with E-state index in [1.54, 1.807) is 61.1 Å². The molecule has 0 bridgehead atoms. The van der Waals surface area contributed by atoms with Crippen LogP contribution in [0.5, 0.6) is 0 Å². The number of para-hydroxylation sites is 2. The monoisotopic (exact) mass is 374 g/mol. The van der Waals surface area contributed by atoms with E-state index in [0.29, 0.717) is 17.1 Å². The molecule has 0 unspecified atom stereocenters. The Balaban J connectivity index is 1.88. The molecular weight excluding hydrogens is 356 g/mol. The van der Waals surface area contributed by atoms with Crippen LogP contribution in [0.4, 0.5) is 11.4 Å². The molecule has 28 heavy (non-hydrogen) atoms. The number of nitrogens with zero attached hydrogens (tertiary/aromatic N) is 4. The van der Waals surface area contributed by atoms with Gasteiger partial charge in [0.25, 0.3) is 11.5 Å². The Bertz CT molecular complexity index is 1120. The maximum Gasteiger partial charge on any atom is 0.295 e. The number of amides is 1. The van der Waals surface area contributed by atoms with Crippen LogP contribution in [-0.4, -0.2) is 21.0 Å². The van der Waals surface area contributed by atoms with Crippen molar-refractivity contribution in [1.82, 2.24) is 9.36 Å². The normalized spacial score (nSPS) is 11.0. The highest BCUT2D eigenvalue weighted by atomic mass is 16.2. The van der Waals surface area contributed by atoms with Gasteiger partial charge in [0.2, 0.25) is 5.71 Å². The third-order valence-corrected chi connectivity index (χ3v) is 4.18. The Morgan fingerprint density at radius 1 is 1.07 bits per heavy atom. The van der Waals surface area contributed by atoms with E-state index in [0.717, 1.165) is 0 Å². The second-order valence-corrected chi connectivity index (χ2v) is 5.94. The summed E-state index contributed by atoms with van der Waals surface area (Å²) in [4.78, 5) is 25.3. The number of hydrazone groups is 1. The molecule has 2 aromatic carbocycles. The van der Waals surface area contributed by atoms with Gasteiger partial charge in [-0.1, -0.05) is 36.4 Å². The minimum absolute atomic E-state index is 0.0963. The molecule has 3 aromatic rings. The van der Waals surface area contributed by atoms with E-state index in [4.69, 9.17) is 0 Å². The van der Waals surface area contributed by atoms with Crippen LogP contribution in [0.25, 0.3) is 5.69 Å². The summed E-state index contributed by atoms with van der Waals surface area (Å²) in [6, 6.07) is 19.7. The molecule has 1 amide bonds. The van der Waals surface area contributed by atoms with Gasteiger partial charge in [0.1, 0.15) is 11.8 Å². The van der Waals surface area contributed by atoms with Gasteiger partial charge in [0.15, 0.2) is 0 Å². The van der Waals surface area contributed by atoms with Crippen LogP contribution in [0.2, 0.25) is 0 Å². The van der Waals surface area contributed by atoms with Crippen molar-refractivity contribution < 1.29 is 4.79 Å². The number of nitriles is 1. The highest BCUT2D eigenvalue weighted by molar-refractivity contribution is 6.48. The predicted molar refractivity (Wildman–Crippen MR) is 107 cm³/mol. The second-order valence-electron chi connectivity index (χ2n) is 5.94. The third kappa shape index (κ3) is 3.68. The van der Waals surface area contributed by atoms with Gasteiger partial charge in [-0.3, -0.25) is 19.7 Å².